The van der Waals surface area contributed by atoms with Gasteiger partial charge in [0.05, 0.1) is 13.2 Å². The van der Waals surface area contributed by atoms with Crippen molar-refractivity contribution < 1.29 is 9.53 Å². The number of ether oxygens (including phenoxy) is 1. The van der Waals surface area contributed by atoms with Crippen molar-refractivity contribution in [1.82, 2.24) is 14.9 Å². The first kappa shape index (κ1) is 19.3. The Morgan fingerprint density at radius 2 is 1.90 bits per heavy atom. The van der Waals surface area contributed by atoms with Crippen molar-refractivity contribution in [2.45, 2.75) is 36.7 Å². The van der Waals surface area contributed by atoms with Gasteiger partial charge in [-0.1, -0.05) is 43.0 Å². The number of carbonyl (C=O) groups is 1. The van der Waals surface area contributed by atoms with Crippen molar-refractivity contribution in [1.29, 1.82) is 0 Å². The third kappa shape index (κ3) is 3.93. The molecule has 3 aromatic rings. The van der Waals surface area contributed by atoms with E-state index in [0.29, 0.717) is 5.16 Å². The minimum atomic E-state index is -0.412. The highest BCUT2D eigenvalue weighted by atomic mass is 32.2. The van der Waals surface area contributed by atoms with Crippen molar-refractivity contribution in [2.75, 3.05) is 17.9 Å². The summed E-state index contributed by atoms with van der Waals surface area (Å²) in [6.45, 7) is 3.99. The van der Waals surface area contributed by atoms with Crippen molar-refractivity contribution in [3.63, 3.8) is 0 Å². The quantitative estimate of drug-likeness (QED) is 0.671. The summed E-state index contributed by atoms with van der Waals surface area (Å²) in [5.41, 5.74) is 6.40. The number of hydrogen-bond acceptors (Lipinski definition) is 6. The summed E-state index contributed by atoms with van der Waals surface area (Å²) in [5.74, 6) is 1.44. The van der Waals surface area contributed by atoms with Gasteiger partial charge in [0.15, 0.2) is 0 Å². The molecule has 2 heterocycles. The fourth-order valence-electron chi connectivity index (χ4n) is 3.26. The van der Waals surface area contributed by atoms with Crippen molar-refractivity contribution >= 4 is 23.4 Å². The number of amides is 1. The number of rotatable bonds is 5. The molecular weight excluding hydrogens is 386 g/mol. The molecule has 0 fully saturated rings. The third-order valence-corrected chi connectivity index (χ3v) is 6.18. The number of fused-ring (bicyclic) bond motifs is 1. The maximum absolute atomic E-state index is 13.2. The van der Waals surface area contributed by atoms with Crippen LogP contribution in [0.3, 0.4) is 0 Å². The number of nitrogens with zero attached hydrogens (tertiary/aromatic N) is 3. The Kier molecular flexibility index (Phi) is 5.44. The van der Waals surface area contributed by atoms with Crippen LogP contribution in [0.2, 0.25) is 0 Å². The van der Waals surface area contributed by atoms with E-state index in [1.807, 2.05) is 60.1 Å². The van der Waals surface area contributed by atoms with Crippen LogP contribution in [0, 0.1) is 6.92 Å². The number of carbonyl (C=O) groups excluding carboxylic acids is 1. The van der Waals surface area contributed by atoms with Crippen LogP contribution in [0.15, 0.2) is 53.7 Å². The molecule has 0 saturated carbocycles. The molecule has 1 aliphatic rings. The lowest BCUT2D eigenvalue weighted by molar-refractivity contribution is -0.116. The molecule has 8 heteroatoms. The van der Waals surface area contributed by atoms with Crippen LogP contribution >= 0.6 is 11.8 Å². The summed E-state index contributed by atoms with van der Waals surface area (Å²) in [4.78, 5) is 13.2. The Hall–Kier alpha value is -3.00. The number of nitrogens with one attached hydrogen (secondary N) is 2. The minimum Gasteiger partial charge on any atom is -0.497 e. The van der Waals surface area contributed by atoms with Gasteiger partial charge in [-0.05, 0) is 48.7 Å². The maximum Gasteiger partial charge on any atom is 0.240 e. The van der Waals surface area contributed by atoms with Gasteiger partial charge in [-0.3, -0.25) is 4.79 Å². The van der Waals surface area contributed by atoms with E-state index in [9.17, 15) is 4.79 Å². The van der Waals surface area contributed by atoms with Gasteiger partial charge in [0.1, 0.15) is 16.8 Å². The Bertz CT molecular complexity index is 1000. The summed E-state index contributed by atoms with van der Waals surface area (Å²) >= 11 is 1.41. The van der Waals surface area contributed by atoms with E-state index in [0.717, 1.165) is 29.2 Å². The van der Waals surface area contributed by atoms with Gasteiger partial charge in [0.2, 0.25) is 11.1 Å². The van der Waals surface area contributed by atoms with Gasteiger partial charge in [0, 0.05) is 5.69 Å². The van der Waals surface area contributed by atoms with Crippen LogP contribution < -0.4 is 15.5 Å². The summed E-state index contributed by atoms with van der Waals surface area (Å²) < 4.78 is 7.09. The lowest BCUT2D eigenvalue weighted by Crippen LogP contribution is -2.41. The highest BCUT2D eigenvalue weighted by molar-refractivity contribution is 8.00. The highest BCUT2D eigenvalue weighted by Crippen LogP contribution is 2.37. The number of benzene rings is 2. The first-order valence-electron chi connectivity index (χ1n) is 9.48. The Balaban J connectivity index is 1.62. The van der Waals surface area contributed by atoms with E-state index in [1.165, 1.54) is 17.3 Å². The zero-order valence-corrected chi connectivity index (χ0v) is 17.4. The molecule has 1 aromatic heterocycles. The number of aryl methyl sites for hydroxylation is 2. The van der Waals surface area contributed by atoms with Gasteiger partial charge < -0.3 is 15.5 Å². The van der Waals surface area contributed by atoms with Crippen LogP contribution in [-0.4, -0.2) is 33.1 Å². The van der Waals surface area contributed by atoms with Gasteiger partial charge in [-0.25, -0.2) is 4.68 Å². The zero-order valence-electron chi connectivity index (χ0n) is 16.5. The van der Waals surface area contributed by atoms with E-state index in [1.54, 1.807) is 7.11 Å². The Labute approximate surface area is 173 Å². The lowest BCUT2D eigenvalue weighted by Gasteiger charge is -2.32. The van der Waals surface area contributed by atoms with E-state index in [-0.39, 0.29) is 11.9 Å². The fourth-order valence-corrected chi connectivity index (χ4v) is 4.38. The van der Waals surface area contributed by atoms with Crippen LogP contribution in [-0.2, 0) is 11.2 Å². The number of methoxy groups -OCH3 is 1. The standard InChI is InChI=1S/C21H23N5O2S/c1-4-14-5-9-16(10-6-14)22-20(27)19-18(15-7-11-17(28-3)12-8-15)25-26-13(2)23-24-21(26)29-19/h5-12,18-19,25H,4H2,1-3H3,(H,22,27). The average Bonchev–Trinajstić information content (AvgIpc) is 3.13. The lowest BCUT2D eigenvalue weighted by atomic mass is 10.0. The smallest absolute Gasteiger partial charge is 0.240 e. The summed E-state index contributed by atoms with van der Waals surface area (Å²) in [7, 11) is 1.64. The van der Waals surface area contributed by atoms with Crippen molar-refractivity contribution in [3.05, 3.63) is 65.5 Å². The predicted molar refractivity (Wildman–Crippen MR) is 114 cm³/mol. The first-order valence-corrected chi connectivity index (χ1v) is 10.4. The van der Waals surface area contributed by atoms with Gasteiger partial charge in [0.25, 0.3) is 0 Å². The second kappa shape index (κ2) is 8.16. The number of aromatic nitrogens is 3. The molecule has 2 aromatic carbocycles. The summed E-state index contributed by atoms with van der Waals surface area (Å²) in [5, 5.41) is 11.6. The SMILES string of the molecule is CCc1ccc(NC(=O)C2Sc3nnc(C)n3NC2c2ccc(OC)cc2)cc1. The first-order chi connectivity index (χ1) is 14.1. The molecule has 2 atom stereocenters. The second-order valence-electron chi connectivity index (χ2n) is 6.82. The fraction of sp³-hybridized carbons (Fsp3) is 0.286. The highest BCUT2D eigenvalue weighted by Gasteiger charge is 2.37. The zero-order chi connectivity index (χ0) is 20.4. The molecule has 4 rings (SSSR count). The van der Waals surface area contributed by atoms with Crippen molar-refractivity contribution in [3.8, 4) is 5.75 Å². The normalized spacial score (nSPS) is 17.9. The predicted octanol–water partition coefficient (Wildman–Crippen LogP) is 3.56. The molecule has 0 saturated heterocycles. The third-order valence-electron chi connectivity index (χ3n) is 4.96. The van der Waals surface area contributed by atoms with Crippen LogP contribution in [0.1, 0.15) is 29.9 Å². The molecule has 1 amide bonds. The topological polar surface area (TPSA) is 81.1 Å². The van der Waals surface area contributed by atoms with Crippen LogP contribution in [0.4, 0.5) is 5.69 Å². The number of thioether (sulfide) groups is 1. The molecule has 0 aliphatic carbocycles. The molecule has 7 nitrogen and oxygen atoms in total. The van der Waals surface area contributed by atoms with E-state index in [4.69, 9.17) is 4.74 Å². The number of anilines is 1. The largest absolute Gasteiger partial charge is 0.497 e. The van der Waals surface area contributed by atoms with Gasteiger partial charge in [-0.15, -0.1) is 10.2 Å². The molecule has 0 radical (unpaired) electrons. The Morgan fingerprint density at radius 1 is 1.17 bits per heavy atom. The summed E-state index contributed by atoms with van der Waals surface area (Å²) in [6, 6.07) is 15.4. The Morgan fingerprint density at radius 3 is 2.55 bits per heavy atom. The van der Waals surface area contributed by atoms with E-state index in [2.05, 4.69) is 27.9 Å². The second-order valence-corrected chi connectivity index (χ2v) is 7.93. The summed E-state index contributed by atoms with van der Waals surface area (Å²) in [6.07, 6.45) is 0.963. The number of hydrogen-bond donors (Lipinski definition) is 2. The molecule has 29 heavy (non-hydrogen) atoms. The molecular formula is C21H23N5O2S. The molecule has 150 valence electrons. The molecule has 2 unspecified atom stereocenters. The van der Waals surface area contributed by atoms with E-state index < -0.39 is 5.25 Å². The average molecular weight is 410 g/mol. The molecule has 1 aliphatic heterocycles. The molecule has 0 spiro atoms. The maximum atomic E-state index is 13.2. The van der Waals surface area contributed by atoms with Crippen molar-refractivity contribution in [2.24, 2.45) is 0 Å². The van der Waals surface area contributed by atoms with Crippen LogP contribution in [0.25, 0.3) is 0 Å². The van der Waals surface area contributed by atoms with Gasteiger partial charge in [-0.2, -0.15) is 0 Å². The molecule has 2 N–H and O–H groups in total. The minimum absolute atomic E-state index is 0.0838. The monoisotopic (exact) mass is 409 g/mol. The van der Waals surface area contributed by atoms with Crippen LogP contribution in [0.5, 0.6) is 5.75 Å². The van der Waals surface area contributed by atoms with Gasteiger partial charge >= 0.3 is 0 Å². The van der Waals surface area contributed by atoms with E-state index >= 15 is 0 Å². The molecule has 0 bridgehead atoms.